The van der Waals surface area contributed by atoms with Gasteiger partial charge in [-0.15, -0.1) is 0 Å². The normalized spacial score (nSPS) is 17.6. The van der Waals surface area contributed by atoms with Crippen LogP contribution in [0.15, 0.2) is 53.5 Å². The molecule has 0 spiro atoms. The number of carbonyl (C=O) groups excluding carboxylic acids is 2. The van der Waals surface area contributed by atoms with E-state index in [9.17, 15) is 9.59 Å². The first kappa shape index (κ1) is 22.1. The number of aliphatic imine (C=N–C) groups is 1. The lowest BCUT2D eigenvalue weighted by Crippen LogP contribution is -2.35. The Bertz CT molecular complexity index is 910. The molecule has 1 aliphatic heterocycles. The SMILES string of the molecule is CCc1ccc(N=C2S[C@@H](CC(=O)Nc3ccc(C)cc3)C(=O)N2CCOC)cc1. The molecule has 0 aromatic heterocycles. The van der Waals surface area contributed by atoms with Crippen molar-refractivity contribution in [1.29, 1.82) is 0 Å². The van der Waals surface area contributed by atoms with Crippen molar-refractivity contribution < 1.29 is 14.3 Å². The third-order valence-corrected chi connectivity index (χ3v) is 5.99. The molecule has 1 heterocycles. The van der Waals surface area contributed by atoms with Crippen LogP contribution in [0.4, 0.5) is 11.4 Å². The number of benzene rings is 2. The van der Waals surface area contributed by atoms with Crippen LogP contribution < -0.4 is 5.32 Å². The van der Waals surface area contributed by atoms with Gasteiger partial charge in [-0.2, -0.15) is 0 Å². The number of nitrogens with one attached hydrogen (secondary N) is 1. The molecule has 2 aromatic carbocycles. The number of amides is 2. The van der Waals surface area contributed by atoms with Crippen molar-refractivity contribution >= 4 is 40.1 Å². The lowest BCUT2D eigenvalue weighted by atomic mass is 10.2. The fraction of sp³-hybridized carbons (Fsp3) is 0.348. The number of anilines is 1. The van der Waals surface area contributed by atoms with Gasteiger partial charge >= 0.3 is 0 Å². The van der Waals surface area contributed by atoms with Crippen molar-refractivity contribution in [1.82, 2.24) is 4.90 Å². The average Bonchev–Trinajstić information content (AvgIpc) is 3.02. The van der Waals surface area contributed by atoms with Gasteiger partial charge in [0.1, 0.15) is 5.25 Å². The second-order valence-corrected chi connectivity index (χ2v) is 8.29. The van der Waals surface area contributed by atoms with E-state index >= 15 is 0 Å². The standard InChI is InChI=1S/C23H27N3O3S/c1-4-17-7-11-19(12-8-17)25-23-26(13-14-29-3)22(28)20(30-23)15-21(27)24-18-9-5-16(2)6-10-18/h5-12,20H,4,13-15H2,1-3H3,(H,24,27)/t20-/m0/s1. The van der Waals surface area contributed by atoms with Crippen molar-refractivity contribution in [3.63, 3.8) is 0 Å². The molecule has 1 N–H and O–H groups in total. The van der Waals surface area contributed by atoms with Gasteiger partial charge in [0.15, 0.2) is 5.17 Å². The summed E-state index contributed by atoms with van der Waals surface area (Å²) < 4.78 is 5.15. The van der Waals surface area contributed by atoms with Gasteiger partial charge in [0, 0.05) is 19.2 Å². The minimum absolute atomic E-state index is 0.0919. The summed E-state index contributed by atoms with van der Waals surface area (Å²) in [5, 5.41) is 2.97. The van der Waals surface area contributed by atoms with Gasteiger partial charge in [-0.05, 0) is 43.2 Å². The van der Waals surface area contributed by atoms with E-state index in [1.807, 2.05) is 55.5 Å². The minimum atomic E-state index is -0.499. The van der Waals surface area contributed by atoms with Crippen LogP contribution in [0, 0.1) is 6.92 Å². The third kappa shape index (κ3) is 5.70. The summed E-state index contributed by atoms with van der Waals surface area (Å²) in [7, 11) is 1.60. The monoisotopic (exact) mass is 425 g/mol. The van der Waals surface area contributed by atoms with Crippen molar-refractivity contribution in [3.8, 4) is 0 Å². The van der Waals surface area contributed by atoms with Gasteiger partial charge in [-0.1, -0.05) is 48.5 Å². The molecule has 3 rings (SSSR count). The summed E-state index contributed by atoms with van der Waals surface area (Å²) in [6.45, 7) is 4.91. The summed E-state index contributed by atoms with van der Waals surface area (Å²) in [4.78, 5) is 31.7. The summed E-state index contributed by atoms with van der Waals surface area (Å²) in [5.74, 6) is -0.301. The lowest BCUT2D eigenvalue weighted by Gasteiger charge is -2.15. The fourth-order valence-electron chi connectivity index (χ4n) is 3.05. The number of hydrogen-bond donors (Lipinski definition) is 1. The second-order valence-electron chi connectivity index (χ2n) is 7.12. The molecule has 7 heteroatoms. The zero-order chi connectivity index (χ0) is 21.5. The molecule has 158 valence electrons. The minimum Gasteiger partial charge on any atom is -0.383 e. The van der Waals surface area contributed by atoms with Crippen LogP contribution in [-0.2, 0) is 20.7 Å². The number of ether oxygens (including phenoxy) is 1. The Balaban J connectivity index is 1.72. The highest BCUT2D eigenvalue weighted by molar-refractivity contribution is 8.15. The molecule has 0 radical (unpaired) electrons. The lowest BCUT2D eigenvalue weighted by molar-refractivity contribution is -0.128. The Hall–Kier alpha value is -2.64. The maximum Gasteiger partial charge on any atom is 0.242 e. The number of thioether (sulfide) groups is 1. The summed E-state index contributed by atoms with van der Waals surface area (Å²) in [6.07, 6.45) is 1.05. The number of methoxy groups -OCH3 is 1. The molecule has 0 aliphatic carbocycles. The Morgan fingerprint density at radius 1 is 1.17 bits per heavy atom. The van der Waals surface area contributed by atoms with E-state index in [-0.39, 0.29) is 18.2 Å². The maximum atomic E-state index is 12.9. The van der Waals surface area contributed by atoms with Crippen LogP contribution in [-0.4, -0.2) is 47.4 Å². The molecule has 0 bridgehead atoms. The number of hydrogen-bond acceptors (Lipinski definition) is 5. The number of aryl methyl sites for hydroxylation is 2. The molecule has 0 unspecified atom stereocenters. The van der Waals surface area contributed by atoms with E-state index in [0.717, 1.165) is 23.4 Å². The van der Waals surface area contributed by atoms with Crippen molar-refractivity contribution in [2.24, 2.45) is 4.99 Å². The van der Waals surface area contributed by atoms with Crippen LogP contribution in [0.2, 0.25) is 0 Å². The van der Waals surface area contributed by atoms with E-state index < -0.39 is 5.25 Å². The summed E-state index contributed by atoms with van der Waals surface area (Å²) in [5.41, 5.74) is 3.86. The first-order chi connectivity index (χ1) is 14.5. The number of rotatable bonds is 8. The zero-order valence-electron chi connectivity index (χ0n) is 17.6. The van der Waals surface area contributed by atoms with Gasteiger partial charge in [-0.25, -0.2) is 4.99 Å². The third-order valence-electron chi connectivity index (χ3n) is 4.81. The molecule has 30 heavy (non-hydrogen) atoms. The second kappa shape index (κ2) is 10.4. The van der Waals surface area contributed by atoms with Crippen LogP contribution in [0.3, 0.4) is 0 Å². The van der Waals surface area contributed by atoms with Crippen molar-refractivity contribution in [2.45, 2.75) is 31.9 Å². The first-order valence-electron chi connectivity index (χ1n) is 10.0. The maximum absolute atomic E-state index is 12.9. The highest BCUT2D eigenvalue weighted by Crippen LogP contribution is 2.32. The van der Waals surface area contributed by atoms with Crippen molar-refractivity contribution in [3.05, 3.63) is 59.7 Å². The quantitative estimate of drug-likeness (QED) is 0.689. The summed E-state index contributed by atoms with van der Waals surface area (Å²) >= 11 is 1.33. The topological polar surface area (TPSA) is 71.0 Å². The van der Waals surface area contributed by atoms with Gasteiger partial charge < -0.3 is 10.1 Å². The van der Waals surface area contributed by atoms with Crippen LogP contribution in [0.5, 0.6) is 0 Å². The van der Waals surface area contributed by atoms with E-state index in [0.29, 0.717) is 18.3 Å². The highest BCUT2D eigenvalue weighted by atomic mass is 32.2. The predicted molar refractivity (Wildman–Crippen MR) is 122 cm³/mol. The Labute approximate surface area is 181 Å². The van der Waals surface area contributed by atoms with Crippen LogP contribution >= 0.6 is 11.8 Å². The Morgan fingerprint density at radius 3 is 2.50 bits per heavy atom. The zero-order valence-corrected chi connectivity index (χ0v) is 18.4. The van der Waals surface area contributed by atoms with E-state index in [2.05, 4.69) is 17.2 Å². The molecular formula is C23H27N3O3S. The Morgan fingerprint density at radius 2 is 1.87 bits per heavy atom. The van der Waals surface area contributed by atoms with Crippen molar-refractivity contribution in [2.75, 3.05) is 25.6 Å². The fourth-order valence-corrected chi connectivity index (χ4v) is 4.23. The number of nitrogens with zero attached hydrogens (tertiary/aromatic N) is 2. The predicted octanol–water partition coefficient (Wildman–Crippen LogP) is 4.16. The smallest absolute Gasteiger partial charge is 0.242 e. The van der Waals surface area contributed by atoms with Gasteiger partial charge in [0.2, 0.25) is 11.8 Å². The van der Waals surface area contributed by atoms with Gasteiger partial charge in [0.25, 0.3) is 0 Å². The number of amidine groups is 1. The van der Waals surface area contributed by atoms with E-state index in [4.69, 9.17) is 4.74 Å². The molecule has 6 nitrogen and oxygen atoms in total. The largest absolute Gasteiger partial charge is 0.383 e. The molecule has 1 aliphatic rings. The van der Waals surface area contributed by atoms with Gasteiger partial charge in [-0.3, -0.25) is 14.5 Å². The van der Waals surface area contributed by atoms with E-state index in [1.54, 1.807) is 12.0 Å². The molecule has 2 amide bonds. The molecule has 1 saturated heterocycles. The van der Waals surface area contributed by atoms with Crippen LogP contribution in [0.1, 0.15) is 24.5 Å². The molecule has 1 fully saturated rings. The highest BCUT2D eigenvalue weighted by Gasteiger charge is 2.39. The molecule has 1 atom stereocenters. The summed E-state index contributed by atoms with van der Waals surface area (Å²) in [6, 6.07) is 15.5. The molecule has 2 aromatic rings. The van der Waals surface area contributed by atoms with Crippen LogP contribution in [0.25, 0.3) is 0 Å². The number of carbonyl (C=O) groups is 2. The first-order valence-corrected chi connectivity index (χ1v) is 10.9. The molecule has 0 saturated carbocycles. The molecular weight excluding hydrogens is 398 g/mol. The average molecular weight is 426 g/mol. The Kier molecular flexibility index (Phi) is 7.65. The van der Waals surface area contributed by atoms with Gasteiger partial charge in [0.05, 0.1) is 18.8 Å². The van der Waals surface area contributed by atoms with E-state index in [1.165, 1.54) is 17.3 Å².